The summed E-state index contributed by atoms with van der Waals surface area (Å²) in [6.07, 6.45) is 6.78. The molecule has 1 aromatic rings. The number of ether oxygens (including phenoxy) is 1. The van der Waals surface area contributed by atoms with Crippen LogP contribution in [0.1, 0.15) is 66.2 Å². The Kier molecular flexibility index (Phi) is 7.40. The van der Waals surface area contributed by atoms with Gasteiger partial charge in [-0.25, -0.2) is 9.59 Å². The molecule has 1 N–H and O–H groups in total. The molecule has 4 nitrogen and oxygen atoms in total. The Morgan fingerprint density at radius 2 is 1.70 bits per heavy atom. The zero-order valence-corrected chi connectivity index (χ0v) is 11.9. The van der Waals surface area contributed by atoms with Crippen LogP contribution in [0.5, 0.6) is 0 Å². The van der Waals surface area contributed by atoms with Crippen molar-refractivity contribution in [3.63, 3.8) is 0 Å². The fraction of sp³-hybridized carbons (Fsp3) is 0.500. The van der Waals surface area contributed by atoms with E-state index in [1.807, 2.05) is 0 Å². The molecule has 0 unspecified atom stereocenters. The lowest BCUT2D eigenvalue weighted by Gasteiger charge is -2.05. The molecule has 0 saturated heterocycles. The fourth-order valence-electron chi connectivity index (χ4n) is 1.91. The van der Waals surface area contributed by atoms with Gasteiger partial charge in [-0.05, 0) is 24.6 Å². The quantitative estimate of drug-likeness (QED) is 0.549. The standard InChI is InChI=1S/C16H22O4/c1-2-3-4-5-6-7-11-20-16(19)14-10-8-9-13(12-14)15(17)18/h8-10,12H,2-7,11H2,1H3,(H,17,18). The molecule has 110 valence electrons. The average Bonchev–Trinajstić information content (AvgIpc) is 2.46. The van der Waals surface area contributed by atoms with Crippen molar-refractivity contribution in [1.82, 2.24) is 0 Å². The van der Waals surface area contributed by atoms with E-state index >= 15 is 0 Å². The molecule has 0 saturated carbocycles. The summed E-state index contributed by atoms with van der Waals surface area (Å²) in [5, 5.41) is 8.86. The van der Waals surface area contributed by atoms with Crippen molar-refractivity contribution in [2.24, 2.45) is 0 Å². The molecule has 0 heterocycles. The predicted octanol–water partition coefficient (Wildman–Crippen LogP) is 3.90. The monoisotopic (exact) mass is 278 g/mol. The molecule has 0 bridgehead atoms. The van der Waals surface area contributed by atoms with Crippen LogP contribution in [0.15, 0.2) is 24.3 Å². The number of hydrogen-bond donors (Lipinski definition) is 1. The van der Waals surface area contributed by atoms with Crippen LogP contribution in [0, 0.1) is 0 Å². The van der Waals surface area contributed by atoms with Gasteiger partial charge in [0.05, 0.1) is 17.7 Å². The highest BCUT2D eigenvalue weighted by Crippen LogP contribution is 2.09. The normalized spacial score (nSPS) is 10.2. The van der Waals surface area contributed by atoms with Gasteiger partial charge in [-0.15, -0.1) is 0 Å². The zero-order valence-electron chi connectivity index (χ0n) is 11.9. The Bertz CT molecular complexity index is 440. The van der Waals surface area contributed by atoms with E-state index in [0.29, 0.717) is 6.61 Å². The summed E-state index contributed by atoms with van der Waals surface area (Å²) in [5.41, 5.74) is 0.384. The van der Waals surface area contributed by atoms with Crippen molar-refractivity contribution in [3.8, 4) is 0 Å². The number of unbranched alkanes of at least 4 members (excludes halogenated alkanes) is 5. The van der Waals surface area contributed by atoms with E-state index in [-0.39, 0.29) is 11.1 Å². The third-order valence-corrected chi connectivity index (χ3v) is 3.08. The summed E-state index contributed by atoms with van der Waals surface area (Å²) in [7, 11) is 0. The lowest BCUT2D eigenvalue weighted by atomic mass is 10.1. The maximum atomic E-state index is 11.7. The van der Waals surface area contributed by atoms with Gasteiger partial charge in [-0.2, -0.15) is 0 Å². The summed E-state index contributed by atoms with van der Waals surface area (Å²) in [5.74, 6) is -1.50. The molecule has 0 aliphatic carbocycles. The maximum absolute atomic E-state index is 11.7. The van der Waals surface area contributed by atoms with Gasteiger partial charge in [-0.3, -0.25) is 0 Å². The average molecular weight is 278 g/mol. The maximum Gasteiger partial charge on any atom is 0.338 e. The van der Waals surface area contributed by atoms with Gasteiger partial charge in [0.15, 0.2) is 0 Å². The second kappa shape index (κ2) is 9.13. The number of esters is 1. The highest BCUT2D eigenvalue weighted by molar-refractivity contribution is 5.94. The second-order valence-corrected chi connectivity index (χ2v) is 4.79. The van der Waals surface area contributed by atoms with Crippen LogP contribution >= 0.6 is 0 Å². The van der Waals surface area contributed by atoms with Crippen LogP contribution in [0.4, 0.5) is 0 Å². The number of carbonyl (C=O) groups excluding carboxylic acids is 1. The first-order valence-electron chi connectivity index (χ1n) is 7.15. The Hall–Kier alpha value is -1.84. The molecule has 0 fully saturated rings. The van der Waals surface area contributed by atoms with Gasteiger partial charge in [0, 0.05) is 0 Å². The first-order valence-corrected chi connectivity index (χ1v) is 7.15. The fourth-order valence-corrected chi connectivity index (χ4v) is 1.91. The van der Waals surface area contributed by atoms with Gasteiger partial charge in [0.2, 0.25) is 0 Å². The van der Waals surface area contributed by atoms with Crippen LogP contribution in [-0.2, 0) is 4.74 Å². The summed E-state index contributed by atoms with van der Waals surface area (Å²) >= 11 is 0. The van der Waals surface area contributed by atoms with E-state index < -0.39 is 11.9 Å². The van der Waals surface area contributed by atoms with Crippen molar-refractivity contribution < 1.29 is 19.4 Å². The van der Waals surface area contributed by atoms with Crippen LogP contribution in [0.3, 0.4) is 0 Å². The smallest absolute Gasteiger partial charge is 0.338 e. The van der Waals surface area contributed by atoms with Crippen LogP contribution in [0.25, 0.3) is 0 Å². The molecule has 20 heavy (non-hydrogen) atoms. The van der Waals surface area contributed by atoms with Gasteiger partial charge in [0.25, 0.3) is 0 Å². The third-order valence-electron chi connectivity index (χ3n) is 3.08. The lowest BCUT2D eigenvalue weighted by Crippen LogP contribution is -2.08. The van der Waals surface area contributed by atoms with E-state index in [0.717, 1.165) is 12.8 Å². The molecule has 1 aromatic carbocycles. The Morgan fingerprint density at radius 1 is 1.05 bits per heavy atom. The Labute approximate surface area is 119 Å². The zero-order chi connectivity index (χ0) is 14.8. The van der Waals surface area contributed by atoms with E-state index in [1.165, 1.54) is 37.8 Å². The highest BCUT2D eigenvalue weighted by Gasteiger charge is 2.10. The minimum absolute atomic E-state index is 0.0963. The number of aromatic carboxylic acids is 1. The molecule has 0 amide bonds. The van der Waals surface area contributed by atoms with Crippen LogP contribution < -0.4 is 0 Å². The second-order valence-electron chi connectivity index (χ2n) is 4.79. The number of carboxylic acids is 1. The first-order chi connectivity index (χ1) is 9.65. The van der Waals surface area contributed by atoms with Crippen molar-refractivity contribution in [2.75, 3.05) is 6.61 Å². The highest BCUT2D eigenvalue weighted by atomic mass is 16.5. The number of hydrogen-bond acceptors (Lipinski definition) is 3. The summed E-state index contributed by atoms with van der Waals surface area (Å²) in [6.45, 7) is 2.56. The van der Waals surface area contributed by atoms with E-state index in [1.54, 1.807) is 12.1 Å². The number of carbonyl (C=O) groups is 2. The van der Waals surface area contributed by atoms with Crippen LogP contribution in [-0.4, -0.2) is 23.7 Å². The molecule has 0 spiro atoms. The molecule has 0 aliphatic heterocycles. The van der Waals surface area contributed by atoms with E-state index in [9.17, 15) is 9.59 Å². The first kappa shape index (κ1) is 16.2. The van der Waals surface area contributed by atoms with E-state index in [4.69, 9.17) is 9.84 Å². The molecule has 0 aliphatic rings. The molecular formula is C16H22O4. The Morgan fingerprint density at radius 3 is 2.40 bits per heavy atom. The van der Waals surface area contributed by atoms with Crippen molar-refractivity contribution in [3.05, 3.63) is 35.4 Å². The molecule has 0 atom stereocenters. The number of rotatable bonds is 9. The van der Waals surface area contributed by atoms with Gasteiger partial charge in [-0.1, -0.05) is 45.1 Å². The van der Waals surface area contributed by atoms with Crippen molar-refractivity contribution in [2.45, 2.75) is 45.4 Å². The molecule has 0 radical (unpaired) electrons. The lowest BCUT2D eigenvalue weighted by molar-refractivity contribution is 0.0497. The van der Waals surface area contributed by atoms with Crippen molar-refractivity contribution >= 4 is 11.9 Å². The summed E-state index contributed by atoms with van der Waals surface area (Å²) < 4.78 is 5.14. The number of carboxylic acid groups (broad SMARTS) is 1. The van der Waals surface area contributed by atoms with E-state index in [2.05, 4.69) is 6.92 Å². The van der Waals surface area contributed by atoms with Crippen LogP contribution in [0.2, 0.25) is 0 Å². The molecule has 1 rings (SSSR count). The van der Waals surface area contributed by atoms with Gasteiger partial charge >= 0.3 is 11.9 Å². The third kappa shape index (κ3) is 5.87. The van der Waals surface area contributed by atoms with Crippen molar-refractivity contribution in [1.29, 1.82) is 0 Å². The summed E-state index contributed by atoms with van der Waals surface area (Å²) in [6, 6.07) is 5.90. The summed E-state index contributed by atoms with van der Waals surface area (Å²) in [4.78, 5) is 22.5. The molecular weight excluding hydrogens is 256 g/mol. The van der Waals surface area contributed by atoms with Gasteiger partial charge in [0.1, 0.15) is 0 Å². The molecule has 0 aromatic heterocycles. The minimum atomic E-state index is -1.05. The SMILES string of the molecule is CCCCCCCCOC(=O)c1cccc(C(=O)O)c1. The minimum Gasteiger partial charge on any atom is -0.478 e. The topological polar surface area (TPSA) is 63.6 Å². The Balaban J connectivity index is 2.29. The predicted molar refractivity (Wildman–Crippen MR) is 77.1 cm³/mol. The van der Waals surface area contributed by atoms with Gasteiger partial charge < -0.3 is 9.84 Å². The largest absolute Gasteiger partial charge is 0.478 e. The number of benzene rings is 1. The molecule has 4 heteroatoms.